The van der Waals surface area contributed by atoms with E-state index in [1.165, 1.54) is 36.4 Å². The van der Waals surface area contributed by atoms with E-state index in [0.717, 1.165) is 0 Å². The van der Waals surface area contributed by atoms with Crippen LogP contribution in [-0.2, 0) is 10.0 Å². The number of carbonyl (C=O) groups excluding carboxylic acids is 1. The molecular formula is C13H13N3O4S. The van der Waals surface area contributed by atoms with E-state index in [-0.39, 0.29) is 10.6 Å². The number of anilines is 2. The summed E-state index contributed by atoms with van der Waals surface area (Å²) in [6.07, 6.45) is 0. The Kier molecular flexibility index (Phi) is 4.10. The highest BCUT2D eigenvalue weighted by molar-refractivity contribution is 7.89. The number of carbonyl (C=O) groups is 1. The fourth-order valence-electron chi connectivity index (χ4n) is 1.61. The average Bonchev–Trinajstić information content (AvgIpc) is 2.38. The number of hydrogen-bond donors (Lipinski definition) is 4. The van der Waals surface area contributed by atoms with Gasteiger partial charge >= 0.3 is 6.03 Å². The lowest BCUT2D eigenvalue weighted by atomic mass is 10.3. The van der Waals surface area contributed by atoms with Crippen molar-refractivity contribution in [2.45, 2.75) is 4.90 Å². The van der Waals surface area contributed by atoms with Crippen LogP contribution in [0.2, 0.25) is 0 Å². The van der Waals surface area contributed by atoms with Crippen LogP contribution in [0.5, 0.6) is 5.75 Å². The van der Waals surface area contributed by atoms with E-state index in [1.54, 1.807) is 12.1 Å². The number of phenols is 1. The van der Waals surface area contributed by atoms with Gasteiger partial charge in [0, 0.05) is 17.4 Å². The number of phenolic OH excluding ortho intramolecular Hbond substituents is 1. The lowest BCUT2D eigenvalue weighted by Crippen LogP contribution is -2.19. The summed E-state index contributed by atoms with van der Waals surface area (Å²) in [5, 5.41) is 19.3. The van der Waals surface area contributed by atoms with Gasteiger partial charge in [0.15, 0.2) is 0 Å². The third kappa shape index (κ3) is 4.20. The molecule has 5 N–H and O–H groups in total. The van der Waals surface area contributed by atoms with E-state index < -0.39 is 16.1 Å². The zero-order valence-corrected chi connectivity index (χ0v) is 11.6. The number of urea groups is 1. The molecule has 0 fully saturated rings. The van der Waals surface area contributed by atoms with Gasteiger partial charge in [-0.1, -0.05) is 6.07 Å². The van der Waals surface area contributed by atoms with E-state index in [2.05, 4.69) is 10.6 Å². The van der Waals surface area contributed by atoms with Crippen LogP contribution in [0, 0.1) is 0 Å². The number of nitrogens with two attached hydrogens (primary N) is 1. The van der Waals surface area contributed by atoms with Crippen LogP contribution in [0.4, 0.5) is 16.2 Å². The van der Waals surface area contributed by atoms with Crippen LogP contribution < -0.4 is 15.8 Å². The maximum absolute atomic E-state index is 11.7. The van der Waals surface area contributed by atoms with Crippen molar-refractivity contribution in [2.24, 2.45) is 5.14 Å². The SMILES string of the molecule is NS(=O)(=O)c1ccc(NC(=O)Nc2cccc(O)c2)cc1. The topological polar surface area (TPSA) is 122 Å². The number of nitrogens with one attached hydrogen (secondary N) is 2. The predicted octanol–water partition coefficient (Wildman–Crippen LogP) is 1.68. The zero-order chi connectivity index (χ0) is 15.5. The normalized spacial score (nSPS) is 10.9. The molecule has 0 aliphatic heterocycles. The molecule has 2 rings (SSSR count). The van der Waals surface area contributed by atoms with Crippen LogP contribution in [0.3, 0.4) is 0 Å². The van der Waals surface area contributed by atoms with Crippen molar-refractivity contribution >= 4 is 27.4 Å². The highest BCUT2D eigenvalue weighted by atomic mass is 32.2. The summed E-state index contributed by atoms with van der Waals surface area (Å²) in [7, 11) is -3.76. The fraction of sp³-hybridized carbons (Fsp3) is 0. The maximum Gasteiger partial charge on any atom is 0.323 e. The molecule has 0 saturated heterocycles. The van der Waals surface area contributed by atoms with Gasteiger partial charge in [0.2, 0.25) is 10.0 Å². The number of primary sulfonamides is 1. The molecule has 0 bridgehead atoms. The van der Waals surface area contributed by atoms with Gasteiger partial charge < -0.3 is 15.7 Å². The second-order valence-corrected chi connectivity index (χ2v) is 5.76. The van der Waals surface area contributed by atoms with E-state index >= 15 is 0 Å². The molecule has 0 radical (unpaired) electrons. The molecule has 0 spiro atoms. The monoisotopic (exact) mass is 307 g/mol. The molecule has 2 aromatic rings. The molecule has 110 valence electrons. The van der Waals surface area contributed by atoms with Gasteiger partial charge in [0.1, 0.15) is 5.75 Å². The van der Waals surface area contributed by atoms with Crippen molar-refractivity contribution < 1.29 is 18.3 Å². The summed E-state index contributed by atoms with van der Waals surface area (Å²) in [4.78, 5) is 11.7. The number of hydrogen-bond acceptors (Lipinski definition) is 4. The maximum atomic E-state index is 11.7. The summed E-state index contributed by atoms with van der Waals surface area (Å²) in [6.45, 7) is 0. The predicted molar refractivity (Wildman–Crippen MR) is 78.6 cm³/mol. The summed E-state index contributed by atoms with van der Waals surface area (Å²) in [5.74, 6) is 0.0327. The Hall–Kier alpha value is -2.58. The first kappa shape index (κ1) is 14.8. The molecule has 2 aromatic carbocycles. The summed E-state index contributed by atoms with van der Waals surface area (Å²) >= 11 is 0. The number of amides is 2. The molecule has 0 atom stereocenters. The second-order valence-electron chi connectivity index (χ2n) is 4.20. The van der Waals surface area contributed by atoms with Gasteiger partial charge in [0.05, 0.1) is 4.90 Å². The van der Waals surface area contributed by atoms with E-state index in [9.17, 15) is 18.3 Å². The van der Waals surface area contributed by atoms with Crippen molar-refractivity contribution in [1.82, 2.24) is 0 Å². The molecule has 21 heavy (non-hydrogen) atoms. The van der Waals surface area contributed by atoms with E-state index in [4.69, 9.17) is 5.14 Å². The van der Waals surface area contributed by atoms with Crippen molar-refractivity contribution in [3.63, 3.8) is 0 Å². The minimum Gasteiger partial charge on any atom is -0.508 e. The number of rotatable bonds is 3. The summed E-state index contributed by atoms with van der Waals surface area (Å²) in [6, 6.07) is 11.0. The van der Waals surface area contributed by atoms with Crippen molar-refractivity contribution in [2.75, 3.05) is 10.6 Å². The molecular weight excluding hydrogens is 294 g/mol. The first-order valence-corrected chi connectivity index (χ1v) is 7.39. The van der Waals surface area contributed by atoms with Crippen LogP contribution in [-0.4, -0.2) is 19.6 Å². The zero-order valence-electron chi connectivity index (χ0n) is 10.8. The quantitative estimate of drug-likeness (QED) is 0.689. The molecule has 7 nitrogen and oxygen atoms in total. The Morgan fingerprint density at radius 3 is 2.19 bits per heavy atom. The lowest BCUT2D eigenvalue weighted by molar-refractivity contribution is 0.262. The van der Waals surface area contributed by atoms with Crippen LogP contribution in [0.1, 0.15) is 0 Å². The fourth-order valence-corrected chi connectivity index (χ4v) is 2.12. The molecule has 0 unspecified atom stereocenters. The minimum atomic E-state index is -3.76. The molecule has 0 aliphatic carbocycles. The lowest BCUT2D eigenvalue weighted by Gasteiger charge is -2.08. The minimum absolute atomic E-state index is 0.0327. The van der Waals surface area contributed by atoms with Crippen LogP contribution >= 0.6 is 0 Å². The van der Waals surface area contributed by atoms with E-state index in [1.807, 2.05) is 0 Å². The average molecular weight is 307 g/mol. The third-order valence-electron chi connectivity index (χ3n) is 2.54. The van der Waals surface area contributed by atoms with Crippen molar-refractivity contribution in [3.05, 3.63) is 48.5 Å². The van der Waals surface area contributed by atoms with Gasteiger partial charge in [-0.2, -0.15) is 0 Å². The Labute approximate surface area is 121 Å². The highest BCUT2D eigenvalue weighted by Crippen LogP contribution is 2.16. The highest BCUT2D eigenvalue weighted by Gasteiger charge is 2.08. The number of aromatic hydroxyl groups is 1. The number of sulfonamides is 1. The third-order valence-corrected chi connectivity index (χ3v) is 3.47. The molecule has 2 amide bonds. The van der Waals surface area contributed by atoms with Gasteiger partial charge in [-0.3, -0.25) is 0 Å². The summed E-state index contributed by atoms with van der Waals surface area (Å²) in [5.41, 5.74) is 0.828. The molecule has 0 aromatic heterocycles. The van der Waals surface area contributed by atoms with Crippen molar-refractivity contribution in [1.29, 1.82) is 0 Å². The van der Waals surface area contributed by atoms with E-state index in [0.29, 0.717) is 11.4 Å². The molecule has 8 heteroatoms. The van der Waals surface area contributed by atoms with Gasteiger partial charge in [0.25, 0.3) is 0 Å². The largest absolute Gasteiger partial charge is 0.508 e. The molecule has 0 saturated carbocycles. The molecule has 0 heterocycles. The van der Waals surface area contributed by atoms with Gasteiger partial charge in [-0.15, -0.1) is 0 Å². The standard InChI is InChI=1S/C13H13N3O4S/c14-21(19,20)12-6-4-9(5-7-12)15-13(18)16-10-2-1-3-11(17)8-10/h1-8,17H,(H2,14,19,20)(H2,15,16,18). The van der Waals surface area contributed by atoms with Gasteiger partial charge in [-0.25, -0.2) is 18.4 Å². The second kappa shape index (κ2) is 5.81. The Morgan fingerprint density at radius 2 is 1.62 bits per heavy atom. The Balaban J connectivity index is 2.03. The molecule has 0 aliphatic rings. The first-order chi connectivity index (χ1) is 9.84. The number of benzene rings is 2. The Bertz CT molecular complexity index is 757. The van der Waals surface area contributed by atoms with Crippen LogP contribution in [0.15, 0.2) is 53.4 Å². The Morgan fingerprint density at radius 1 is 1.00 bits per heavy atom. The van der Waals surface area contributed by atoms with Crippen molar-refractivity contribution in [3.8, 4) is 5.75 Å². The summed E-state index contributed by atoms with van der Waals surface area (Å²) < 4.78 is 22.2. The van der Waals surface area contributed by atoms with Gasteiger partial charge in [-0.05, 0) is 36.4 Å². The smallest absolute Gasteiger partial charge is 0.323 e. The van der Waals surface area contributed by atoms with Crippen LogP contribution in [0.25, 0.3) is 0 Å². The first-order valence-electron chi connectivity index (χ1n) is 5.84.